The fourth-order valence-corrected chi connectivity index (χ4v) is 2.10. The number of unbranched alkanes of at least 4 members (excludes halogenated alkanes) is 1. The number of hydrogen-bond donors (Lipinski definition) is 0. The molecule has 0 saturated heterocycles. The third-order valence-electron chi connectivity index (χ3n) is 3.11. The second kappa shape index (κ2) is 6.23. The highest BCUT2D eigenvalue weighted by molar-refractivity contribution is 5.73. The first-order chi connectivity index (χ1) is 9.24. The molecule has 2 aliphatic carbocycles. The van der Waals surface area contributed by atoms with Gasteiger partial charge in [0.15, 0.2) is 0 Å². The van der Waals surface area contributed by atoms with Crippen molar-refractivity contribution in [2.45, 2.75) is 26.2 Å². The monoisotopic (exact) mass is 258 g/mol. The van der Waals surface area contributed by atoms with Gasteiger partial charge in [0.25, 0.3) is 0 Å². The van der Waals surface area contributed by atoms with E-state index in [1.165, 1.54) is 12.7 Å². The molecule has 0 heterocycles. The minimum Gasteiger partial charge on any atom is -0.437 e. The SMILES string of the molecule is CCCCc1ccc2cccc(OC(=O)OC)cc1-2. The van der Waals surface area contributed by atoms with E-state index in [0.29, 0.717) is 5.75 Å². The highest BCUT2D eigenvalue weighted by Crippen LogP contribution is 2.31. The highest BCUT2D eigenvalue weighted by Gasteiger charge is 2.10. The molecule has 3 nitrogen and oxygen atoms in total. The van der Waals surface area contributed by atoms with Gasteiger partial charge < -0.3 is 9.47 Å². The van der Waals surface area contributed by atoms with E-state index in [1.807, 2.05) is 18.2 Å². The zero-order valence-corrected chi connectivity index (χ0v) is 11.3. The molecule has 0 aromatic rings. The van der Waals surface area contributed by atoms with Crippen molar-refractivity contribution in [1.82, 2.24) is 0 Å². The van der Waals surface area contributed by atoms with Gasteiger partial charge in [-0.15, -0.1) is 0 Å². The molecule has 19 heavy (non-hydrogen) atoms. The molecule has 2 rings (SSSR count). The second-order valence-corrected chi connectivity index (χ2v) is 4.46. The van der Waals surface area contributed by atoms with E-state index in [9.17, 15) is 4.79 Å². The average molecular weight is 258 g/mol. The molecule has 0 atom stereocenters. The summed E-state index contributed by atoms with van der Waals surface area (Å²) in [6.45, 7) is 2.18. The van der Waals surface area contributed by atoms with Gasteiger partial charge in [-0.25, -0.2) is 4.79 Å². The Hall–Kier alpha value is -2.03. The molecule has 0 spiro atoms. The topological polar surface area (TPSA) is 35.5 Å². The molecule has 0 aromatic carbocycles. The lowest BCUT2D eigenvalue weighted by molar-refractivity contribution is 0.121. The normalized spacial score (nSPS) is 10.4. The van der Waals surface area contributed by atoms with E-state index in [-0.39, 0.29) is 0 Å². The van der Waals surface area contributed by atoms with Crippen molar-refractivity contribution in [2.75, 3.05) is 7.11 Å². The standard InChI is InChI=1S/C16H18O3/c1-3-4-6-12-9-10-13-7-5-8-14(11-15(12)13)19-16(17)18-2/h5,7-11H,3-4,6H2,1-2H3. The number of ether oxygens (including phenoxy) is 2. The second-order valence-electron chi connectivity index (χ2n) is 4.46. The quantitative estimate of drug-likeness (QED) is 0.768. The smallest absolute Gasteiger partial charge is 0.437 e. The molecule has 2 aliphatic rings. The Labute approximate surface area is 113 Å². The fraction of sp³-hybridized carbons (Fsp3) is 0.312. The van der Waals surface area contributed by atoms with Crippen LogP contribution in [0.5, 0.6) is 5.75 Å². The predicted molar refractivity (Wildman–Crippen MR) is 74.7 cm³/mol. The first kappa shape index (κ1) is 13.4. The Kier molecular flexibility index (Phi) is 4.39. The van der Waals surface area contributed by atoms with Gasteiger partial charge in [-0.1, -0.05) is 37.6 Å². The van der Waals surface area contributed by atoms with Gasteiger partial charge in [-0.05, 0) is 41.7 Å². The van der Waals surface area contributed by atoms with Gasteiger partial charge in [-0.3, -0.25) is 0 Å². The van der Waals surface area contributed by atoms with Crippen LogP contribution >= 0.6 is 0 Å². The fourth-order valence-electron chi connectivity index (χ4n) is 2.10. The van der Waals surface area contributed by atoms with E-state index >= 15 is 0 Å². The molecule has 0 aromatic heterocycles. The molecule has 100 valence electrons. The lowest BCUT2D eigenvalue weighted by Gasteiger charge is -2.03. The summed E-state index contributed by atoms with van der Waals surface area (Å²) in [6.07, 6.45) is 2.67. The summed E-state index contributed by atoms with van der Waals surface area (Å²) in [6, 6.07) is 11.8. The molecular formula is C16H18O3. The summed E-state index contributed by atoms with van der Waals surface area (Å²) in [5.74, 6) is 0.505. The predicted octanol–water partition coefficient (Wildman–Crippen LogP) is 4.28. The van der Waals surface area contributed by atoms with Crippen molar-refractivity contribution in [1.29, 1.82) is 0 Å². The van der Waals surface area contributed by atoms with Crippen LogP contribution in [0, 0.1) is 0 Å². The Bertz CT molecular complexity index is 534. The number of aryl methyl sites for hydroxylation is 1. The van der Waals surface area contributed by atoms with Gasteiger partial charge >= 0.3 is 6.16 Å². The number of methoxy groups -OCH3 is 1. The Morgan fingerprint density at radius 2 is 2.05 bits per heavy atom. The number of carbonyl (C=O) groups excluding carboxylic acids is 1. The van der Waals surface area contributed by atoms with Crippen LogP contribution in [0.3, 0.4) is 0 Å². The number of carbonyl (C=O) groups is 1. The maximum Gasteiger partial charge on any atom is 0.513 e. The first-order valence-corrected chi connectivity index (χ1v) is 6.52. The third kappa shape index (κ3) is 3.25. The van der Waals surface area contributed by atoms with Crippen LogP contribution in [-0.2, 0) is 11.2 Å². The lowest BCUT2D eigenvalue weighted by Crippen LogP contribution is -2.06. The van der Waals surface area contributed by atoms with Crippen LogP contribution in [-0.4, -0.2) is 13.3 Å². The lowest BCUT2D eigenvalue weighted by atomic mass is 10.1. The summed E-state index contributed by atoms with van der Waals surface area (Å²) >= 11 is 0. The van der Waals surface area contributed by atoms with Crippen LogP contribution < -0.4 is 4.74 Å². The van der Waals surface area contributed by atoms with E-state index in [0.717, 1.165) is 30.4 Å². The van der Waals surface area contributed by atoms with Crippen LogP contribution in [0.15, 0.2) is 36.4 Å². The molecule has 0 amide bonds. The summed E-state index contributed by atoms with van der Waals surface area (Å²) in [7, 11) is 1.30. The molecule has 0 fully saturated rings. The maximum atomic E-state index is 11.2. The number of hydrogen-bond acceptors (Lipinski definition) is 3. The van der Waals surface area contributed by atoms with E-state index < -0.39 is 6.16 Å². The van der Waals surface area contributed by atoms with Crippen molar-refractivity contribution in [3.8, 4) is 16.9 Å². The van der Waals surface area contributed by atoms with E-state index in [4.69, 9.17) is 4.74 Å². The molecule has 0 saturated carbocycles. The zero-order valence-electron chi connectivity index (χ0n) is 11.3. The zero-order chi connectivity index (χ0) is 13.7. The van der Waals surface area contributed by atoms with E-state index in [1.54, 1.807) is 6.07 Å². The highest BCUT2D eigenvalue weighted by atomic mass is 16.7. The van der Waals surface area contributed by atoms with Gasteiger partial charge in [0, 0.05) is 0 Å². The van der Waals surface area contributed by atoms with Gasteiger partial charge in [0.1, 0.15) is 5.75 Å². The van der Waals surface area contributed by atoms with Crippen molar-refractivity contribution < 1.29 is 14.3 Å². The molecule has 0 aliphatic heterocycles. The Morgan fingerprint density at radius 3 is 2.79 bits per heavy atom. The molecule has 0 bridgehead atoms. The minimum absolute atomic E-state index is 0.505. The Morgan fingerprint density at radius 1 is 1.21 bits per heavy atom. The van der Waals surface area contributed by atoms with Crippen molar-refractivity contribution >= 4 is 6.16 Å². The number of rotatable bonds is 4. The molecule has 0 unspecified atom stereocenters. The van der Waals surface area contributed by atoms with E-state index in [2.05, 4.69) is 23.8 Å². The van der Waals surface area contributed by atoms with Gasteiger partial charge in [0.05, 0.1) is 7.11 Å². The van der Waals surface area contributed by atoms with Crippen LogP contribution in [0.2, 0.25) is 0 Å². The maximum absolute atomic E-state index is 11.2. The van der Waals surface area contributed by atoms with Crippen LogP contribution in [0.25, 0.3) is 11.1 Å². The largest absolute Gasteiger partial charge is 0.513 e. The number of fused-ring (bicyclic) bond motifs is 1. The first-order valence-electron chi connectivity index (χ1n) is 6.52. The van der Waals surface area contributed by atoms with Crippen LogP contribution in [0.4, 0.5) is 4.79 Å². The molecule has 0 N–H and O–H groups in total. The van der Waals surface area contributed by atoms with Gasteiger partial charge in [0.2, 0.25) is 0 Å². The van der Waals surface area contributed by atoms with Crippen molar-refractivity contribution in [3.05, 3.63) is 42.0 Å². The van der Waals surface area contributed by atoms with Crippen LogP contribution in [0.1, 0.15) is 25.3 Å². The van der Waals surface area contributed by atoms with Gasteiger partial charge in [-0.2, -0.15) is 0 Å². The summed E-state index contributed by atoms with van der Waals surface area (Å²) in [4.78, 5) is 11.2. The Balaban J connectivity index is 2.32. The average Bonchev–Trinajstić information content (AvgIpc) is 2.67. The summed E-state index contributed by atoms with van der Waals surface area (Å²) in [5, 5.41) is 0. The van der Waals surface area contributed by atoms with Crippen molar-refractivity contribution in [3.63, 3.8) is 0 Å². The molecular weight excluding hydrogens is 240 g/mol. The minimum atomic E-state index is -0.694. The van der Waals surface area contributed by atoms with Crippen molar-refractivity contribution in [2.24, 2.45) is 0 Å². The summed E-state index contributed by atoms with van der Waals surface area (Å²) < 4.78 is 9.61. The molecule has 3 heteroatoms. The summed E-state index contributed by atoms with van der Waals surface area (Å²) in [5.41, 5.74) is 3.59. The molecule has 0 radical (unpaired) electrons. The third-order valence-corrected chi connectivity index (χ3v) is 3.11.